The van der Waals surface area contributed by atoms with E-state index in [-0.39, 0.29) is 12.1 Å². The third-order valence-corrected chi connectivity index (χ3v) is 5.10. The van der Waals surface area contributed by atoms with Crippen LogP contribution in [-0.4, -0.2) is 44.3 Å². The molecule has 3 rings (SSSR count). The van der Waals surface area contributed by atoms with E-state index in [0.717, 1.165) is 49.5 Å². The quantitative estimate of drug-likeness (QED) is 0.771. The second-order valence-electron chi connectivity index (χ2n) is 7.04. The van der Waals surface area contributed by atoms with Crippen molar-refractivity contribution < 1.29 is 14.3 Å². The Morgan fingerprint density at radius 3 is 2.50 bits per heavy atom. The van der Waals surface area contributed by atoms with Crippen molar-refractivity contribution >= 4 is 6.03 Å². The molecule has 1 saturated heterocycles. The molecule has 2 N–H and O–H groups in total. The molecule has 28 heavy (non-hydrogen) atoms. The molecule has 0 aliphatic carbocycles. The second-order valence-corrected chi connectivity index (χ2v) is 7.04. The van der Waals surface area contributed by atoms with Gasteiger partial charge in [0.25, 0.3) is 0 Å². The van der Waals surface area contributed by atoms with Crippen LogP contribution in [0.3, 0.4) is 0 Å². The number of amides is 2. The van der Waals surface area contributed by atoms with E-state index < -0.39 is 0 Å². The molecular weight excluding hydrogens is 354 g/mol. The molecule has 0 aromatic heterocycles. The number of methoxy groups -OCH3 is 2. The summed E-state index contributed by atoms with van der Waals surface area (Å²) in [6.45, 7) is 3.33. The van der Waals surface area contributed by atoms with Gasteiger partial charge in [-0.15, -0.1) is 0 Å². The van der Waals surface area contributed by atoms with Crippen LogP contribution in [0.15, 0.2) is 48.5 Å². The van der Waals surface area contributed by atoms with Crippen LogP contribution in [0.4, 0.5) is 4.79 Å². The lowest BCUT2D eigenvalue weighted by Crippen LogP contribution is -2.47. The first kappa shape index (κ1) is 20.0. The Morgan fingerprint density at radius 1 is 1.07 bits per heavy atom. The number of likely N-dealkylation sites (tertiary alicyclic amines) is 1. The number of carbonyl (C=O) groups excluding carboxylic acids is 1. The topological polar surface area (TPSA) is 62.8 Å². The molecule has 0 atom stereocenters. The second kappa shape index (κ2) is 9.99. The number of carbonyl (C=O) groups is 1. The van der Waals surface area contributed by atoms with Gasteiger partial charge >= 0.3 is 6.03 Å². The van der Waals surface area contributed by atoms with Crippen LogP contribution in [0.1, 0.15) is 24.0 Å². The van der Waals surface area contributed by atoms with Crippen molar-refractivity contribution in [3.63, 3.8) is 0 Å². The molecule has 1 heterocycles. The number of benzene rings is 2. The van der Waals surface area contributed by atoms with E-state index in [1.165, 1.54) is 5.56 Å². The molecule has 0 radical (unpaired) electrons. The highest BCUT2D eigenvalue weighted by Gasteiger charge is 2.20. The Kier molecular flexibility index (Phi) is 7.14. The SMILES string of the molecule is COc1ccc(OC)c(CNC(=O)NC2CCN(Cc3ccccc3)CC2)c1. The van der Waals surface area contributed by atoms with Gasteiger partial charge in [0.2, 0.25) is 0 Å². The first-order chi connectivity index (χ1) is 13.7. The van der Waals surface area contributed by atoms with Crippen molar-refractivity contribution in [3.8, 4) is 11.5 Å². The zero-order valence-electron chi connectivity index (χ0n) is 16.6. The molecule has 1 aliphatic heterocycles. The Bertz CT molecular complexity index is 759. The van der Waals surface area contributed by atoms with E-state index in [0.29, 0.717) is 6.54 Å². The number of rotatable bonds is 7. The van der Waals surface area contributed by atoms with E-state index in [9.17, 15) is 4.79 Å². The predicted octanol–water partition coefficient (Wildman–Crippen LogP) is 3.17. The van der Waals surface area contributed by atoms with Crippen molar-refractivity contribution in [2.45, 2.75) is 32.0 Å². The lowest BCUT2D eigenvalue weighted by Gasteiger charge is -2.32. The van der Waals surface area contributed by atoms with Crippen molar-refractivity contribution in [1.82, 2.24) is 15.5 Å². The fourth-order valence-corrected chi connectivity index (χ4v) is 3.51. The van der Waals surface area contributed by atoms with Crippen LogP contribution in [0.2, 0.25) is 0 Å². The molecule has 0 unspecified atom stereocenters. The Labute approximate surface area is 166 Å². The number of hydrogen-bond donors (Lipinski definition) is 2. The molecule has 150 valence electrons. The first-order valence-electron chi connectivity index (χ1n) is 9.69. The maximum Gasteiger partial charge on any atom is 0.315 e. The maximum atomic E-state index is 12.3. The number of piperidine rings is 1. The third kappa shape index (κ3) is 5.63. The normalized spacial score (nSPS) is 15.1. The molecule has 1 aliphatic rings. The average molecular weight is 383 g/mol. The molecule has 0 bridgehead atoms. The summed E-state index contributed by atoms with van der Waals surface area (Å²) in [4.78, 5) is 14.7. The van der Waals surface area contributed by atoms with Gasteiger partial charge in [0.05, 0.1) is 14.2 Å². The van der Waals surface area contributed by atoms with Crippen LogP contribution in [-0.2, 0) is 13.1 Å². The Hall–Kier alpha value is -2.73. The summed E-state index contributed by atoms with van der Waals surface area (Å²) in [5, 5.41) is 6.01. The minimum atomic E-state index is -0.147. The molecule has 0 spiro atoms. The average Bonchev–Trinajstić information content (AvgIpc) is 2.74. The summed E-state index contributed by atoms with van der Waals surface area (Å²) in [5.74, 6) is 1.47. The highest BCUT2D eigenvalue weighted by molar-refractivity contribution is 5.74. The summed E-state index contributed by atoms with van der Waals surface area (Å²) in [5.41, 5.74) is 2.22. The highest BCUT2D eigenvalue weighted by Crippen LogP contribution is 2.23. The number of nitrogens with zero attached hydrogens (tertiary/aromatic N) is 1. The summed E-state index contributed by atoms with van der Waals surface area (Å²) in [7, 11) is 3.24. The van der Waals surface area contributed by atoms with E-state index in [1.807, 2.05) is 24.3 Å². The molecule has 0 saturated carbocycles. The van der Waals surface area contributed by atoms with E-state index >= 15 is 0 Å². The van der Waals surface area contributed by atoms with Crippen LogP contribution in [0.25, 0.3) is 0 Å². The minimum absolute atomic E-state index is 0.147. The van der Waals surface area contributed by atoms with Crippen LogP contribution in [0.5, 0.6) is 11.5 Å². The monoisotopic (exact) mass is 383 g/mol. The molecule has 1 fully saturated rings. The molecule has 2 amide bonds. The van der Waals surface area contributed by atoms with Gasteiger partial charge in [-0.25, -0.2) is 4.79 Å². The lowest BCUT2D eigenvalue weighted by molar-refractivity contribution is 0.186. The van der Waals surface area contributed by atoms with Crippen molar-refractivity contribution in [2.24, 2.45) is 0 Å². The van der Waals surface area contributed by atoms with Crippen LogP contribution >= 0.6 is 0 Å². The third-order valence-electron chi connectivity index (χ3n) is 5.10. The van der Waals surface area contributed by atoms with Gasteiger partial charge < -0.3 is 20.1 Å². The largest absolute Gasteiger partial charge is 0.497 e. The number of ether oxygens (including phenoxy) is 2. The predicted molar refractivity (Wildman–Crippen MR) is 110 cm³/mol. The summed E-state index contributed by atoms with van der Waals surface area (Å²) >= 11 is 0. The van der Waals surface area contributed by atoms with Gasteiger partial charge in [0.15, 0.2) is 0 Å². The fraction of sp³-hybridized carbons (Fsp3) is 0.409. The first-order valence-corrected chi connectivity index (χ1v) is 9.69. The van der Waals surface area contributed by atoms with Crippen molar-refractivity contribution in [2.75, 3.05) is 27.3 Å². The van der Waals surface area contributed by atoms with Gasteiger partial charge in [0, 0.05) is 37.8 Å². The highest BCUT2D eigenvalue weighted by atomic mass is 16.5. The summed E-state index contributed by atoms with van der Waals surface area (Å²) in [6, 6.07) is 16.1. The lowest BCUT2D eigenvalue weighted by atomic mass is 10.0. The van der Waals surface area contributed by atoms with Gasteiger partial charge in [-0.05, 0) is 36.6 Å². The van der Waals surface area contributed by atoms with E-state index in [4.69, 9.17) is 9.47 Å². The van der Waals surface area contributed by atoms with E-state index in [1.54, 1.807) is 14.2 Å². The molecular formula is C22H29N3O3. The summed E-state index contributed by atoms with van der Waals surface area (Å²) in [6.07, 6.45) is 1.92. The Balaban J connectivity index is 1.42. The smallest absolute Gasteiger partial charge is 0.315 e. The minimum Gasteiger partial charge on any atom is -0.497 e. The van der Waals surface area contributed by atoms with Crippen molar-refractivity contribution in [1.29, 1.82) is 0 Å². The number of hydrogen-bond acceptors (Lipinski definition) is 4. The van der Waals surface area contributed by atoms with Gasteiger partial charge in [-0.2, -0.15) is 0 Å². The molecule has 6 heteroatoms. The van der Waals surface area contributed by atoms with Crippen molar-refractivity contribution in [3.05, 3.63) is 59.7 Å². The molecule has 6 nitrogen and oxygen atoms in total. The van der Waals surface area contributed by atoms with Crippen LogP contribution in [0, 0.1) is 0 Å². The fourth-order valence-electron chi connectivity index (χ4n) is 3.51. The maximum absolute atomic E-state index is 12.3. The number of urea groups is 1. The zero-order valence-corrected chi connectivity index (χ0v) is 16.6. The zero-order chi connectivity index (χ0) is 19.8. The molecule has 2 aromatic rings. The standard InChI is InChI=1S/C22H29N3O3/c1-27-20-8-9-21(28-2)18(14-20)15-23-22(26)24-19-10-12-25(13-11-19)16-17-6-4-3-5-7-17/h3-9,14,19H,10-13,15-16H2,1-2H3,(H2,23,24,26). The number of nitrogens with one attached hydrogen (secondary N) is 2. The van der Waals surface area contributed by atoms with E-state index in [2.05, 4.69) is 39.8 Å². The van der Waals surface area contributed by atoms with Gasteiger partial charge in [-0.3, -0.25) is 4.90 Å². The summed E-state index contributed by atoms with van der Waals surface area (Å²) < 4.78 is 10.6. The van der Waals surface area contributed by atoms with Gasteiger partial charge in [0.1, 0.15) is 11.5 Å². The van der Waals surface area contributed by atoms with Gasteiger partial charge in [-0.1, -0.05) is 30.3 Å². The van der Waals surface area contributed by atoms with Crippen LogP contribution < -0.4 is 20.1 Å². The Morgan fingerprint density at radius 2 is 1.82 bits per heavy atom. The molecule has 2 aromatic carbocycles.